The zero-order chi connectivity index (χ0) is 23.6. The fourth-order valence-electron chi connectivity index (χ4n) is 5.72. The first-order valence-electron chi connectivity index (χ1n) is 13.6. The summed E-state index contributed by atoms with van der Waals surface area (Å²) < 4.78 is 0. The molecule has 2 fully saturated rings. The Morgan fingerprint density at radius 2 is 1.59 bits per heavy atom. The Morgan fingerprint density at radius 1 is 0.882 bits per heavy atom. The lowest BCUT2D eigenvalue weighted by molar-refractivity contribution is 0.0457. The van der Waals surface area contributed by atoms with E-state index in [1.54, 1.807) is 5.57 Å². The van der Waals surface area contributed by atoms with Crippen LogP contribution in [0.4, 0.5) is 0 Å². The van der Waals surface area contributed by atoms with Crippen LogP contribution in [0, 0.1) is 0 Å². The largest absolute Gasteiger partial charge is 0.315 e. The minimum absolute atomic E-state index is 0.227. The average molecular weight is 460 g/mol. The van der Waals surface area contributed by atoms with Crippen LogP contribution in [-0.4, -0.2) is 60.6 Å². The normalized spacial score (nSPS) is 22.8. The van der Waals surface area contributed by atoms with Crippen molar-refractivity contribution >= 4 is 6.08 Å². The zero-order valence-corrected chi connectivity index (χ0v) is 21.5. The van der Waals surface area contributed by atoms with E-state index < -0.39 is 0 Å². The number of aryl methyl sites for hydroxylation is 1. The van der Waals surface area contributed by atoms with Gasteiger partial charge in [-0.15, -0.1) is 0 Å². The van der Waals surface area contributed by atoms with Crippen molar-refractivity contribution in [2.75, 3.05) is 39.3 Å². The first-order valence-corrected chi connectivity index (χ1v) is 13.6. The van der Waals surface area contributed by atoms with Crippen LogP contribution in [0.1, 0.15) is 63.5 Å². The highest BCUT2D eigenvalue weighted by molar-refractivity contribution is 5.55. The number of hydrogen-bond donors (Lipinski definition) is 1. The highest BCUT2D eigenvalue weighted by Crippen LogP contribution is 2.35. The summed E-state index contributed by atoms with van der Waals surface area (Å²) in [7, 11) is 0. The third kappa shape index (κ3) is 7.28. The van der Waals surface area contributed by atoms with Gasteiger partial charge in [0.1, 0.15) is 0 Å². The molecule has 3 heteroatoms. The molecule has 0 amide bonds. The molecular weight excluding hydrogens is 414 g/mol. The van der Waals surface area contributed by atoms with Gasteiger partial charge < -0.3 is 5.32 Å². The molecule has 2 aliphatic heterocycles. The molecule has 184 valence electrons. The van der Waals surface area contributed by atoms with Crippen LogP contribution in [0.3, 0.4) is 0 Å². The Balaban J connectivity index is 1.30. The second-order valence-corrected chi connectivity index (χ2v) is 10.9. The van der Waals surface area contributed by atoms with E-state index in [2.05, 4.69) is 95.7 Å². The monoisotopic (exact) mass is 459 g/mol. The predicted octanol–water partition coefficient (Wildman–Crippen LogP) is 6.02. The fraction of sp³-hybridized carbons (Fsp3) is 0.548. The number of hydrogen-bond acceptors (Lipinski definition) is 3. The number of benzene rings is 2. The minimum atomic E-state index is 0.227. The van der Waals surface area contributed by atoms with Gasteiger partial charge >= 0.3 is 0 Å². The highest BCUT2D eigenvalue weighted by Gasteiger charge is 2.39. The first kappa shape index (κ1) is 25.2. The van der Waals surface area contributed by atoms with Crippen molar-refractivity contribution in [2.45, 2.75) is 70.4 Å². The summed E-state index contributed by atoms with van der Waals surface area (Å²) >= 11 is 0. The molecule has 4 rings (SSSR count). The second-order valence-electron chi connectivity index (χ2n) is 10.9. The molecule has 2 heterocycles. The van der Waals surface area contributed by atoms with E-state index in [1.807, 2.05) is 0 Å². The molecule has 3 nitrogen and oxygen atoms in total. The van der Waals surface area contributed by atoms with Crippen molar-refractivity contribution in [2.24, 2.45) is 0 Å². The van der Waals surface area contributed by atoms with Crippen LogP contribution in [0.25, 0.3) is 6.08 Å². The molecule has 0 saturated carbocycles. The fourth-order valence-corrected chi connectivity index (χ4v) is 5.72. The number of nitrogens with one attached hydrogen (secondary N) is 1. The Morgan fingerprint density at radius 3 is 2.32 bits per heavy atom. The second kappa shape index (κ2) is 12.7. The van der Waals surface area contributed by atoms with Gasteiger partial charge in [0.05, 0.1) is 0 Å². The molecule has 1 atom stereocenters. The maximum Gasteiger partial charge on any atom is 0.0340 e. The number of piperidine rings is 2. The van der Waals surface area contributed by atoms with Crippen LogP contribution < -0.4 is 5.32 Å². The summed E-state index contributed by atoms with van der Waals surface area (Å²) in [4.78, 5) is 5.50. The first-order chi connectivity index (χ1) is 16.6. The maximum atomic E-state index is 3.72. The average Bonchev–Trinajstić information content (AvgIpc) is 2.87. The lowest BCUT2D eigenvalue weighted by atomic mass is 9.82. The molecule has 0 aromatic heterocycles. The van der Waals surface area contributed by atoms with Crippen molar-refractivity contribution < 1.29 is 0 Å². The van der Waals surface area contributed by atoms with Crippen LogP contribution >= 0.6 is 0 Å². The third-order valence-corrected chi connectivity index (χ3v) is 7.80. The van der Waals surface area contributed by atoms with E-state index in [0.29, 0.717) is 6.04 Å². The van der Waals surface area contributed by atoms with Gasteiger partial charge in [0, 0.05) is 31.2 Å². The number of likely N-dealkylation sites (tertiary alicyclic amines) is 2. The predicted molar refractivity (Wildman–Crippen MR) is 146 cm³/mol. The summed E-state index contributed by atoms with van der Waals surface area (Å²) in [6, 6.07) is 22.4. The van der Waals surface area contributed by atoms with Gasteiger partial charge in [-0.3, -0.25) is 9.80 Å². The van der Waals surface area contributed by atoms with Crippen molar-refractivity contribution in [3.8, 4) is 0 Å². The number of rotatable bonds is 10. The Bertz CT molecular complexity index is 868. The van der Waals surface area contributed by atoms with Crippen LogP contribution in [0.15, 0.2) is 66.2 Å². The SMILES string of the molecule is CC1(C)CC(N2CCCCC2)/C(=C/c2ccccc2)CN1CCNCCCCc1ccccc1. The van der Waals surface area contributed by atoms with E-state index in [1.165, 1.54) is 69.2 Å². The molecule has 2 saturated heterocycles. The lowest BCUT2D eigenvalue weighted by Gasteiger charge is -2.50. The molecule has 2 aromatic carbocycles. The quantitative estimate of drug-likeness (QED) is 0.438. The van der Waals surface area contributed by atoms with Crippen molar-refractivity contribution in [3.05, 3.63) is 77.4 Å². The Kier molecular flexibility index (Phi) is 9.38. The maximum absolute atomic E-state index is 3.72. The molecule has 2 aromatic rings. The van der Waals surface area contributed by atoms with Crippen molar-refractivity contribution in [1.82, 2.24) is 15.1 Å². The van der Waals surface area contributed by atoms with E-state index in [-0.39, 0.29) is 5.54 Å². The van der Waals surface area contributed by atoms with E-state index >= 15 is 0 Å². The van der Waals surface area contributed by atoms with E-state index in [9.17, 15) is 0 Å². The van der Waals surface area contributed by atoms with Gasteiger partial charge in [-0.2, -0.15) is 0 Å². The molecule has 1 N–H and O–H groups in total. The molecule has 1 unspecified atom stereocenters. The van der Waals surface area contributed by atoms with Crippen molar-refractivity contribution in [1.29, 1.82) is 0 Å². The molecule has 0 aliphatic carbocycles. The molecule has 0 spiro atoms. The van der Waals surface area contributed by atoms with Gasteiger partial charge in [-0.1, -0.05) is 73.2 Å². The third-order valence-electron chi connectivity index (χ3n) is 7.80. The molecular formula is C31H45N3. The van der Waals surface area contributed by atoms with Crippen LogP contribution in [0.5, 0.6) is 0 Å². The topological polar surface area (TPSA) is 18.5 Å². The molecule has 2 aliphatic rings. The lowest BCUT2D eigenvalue weighted by Crippen LogP contribution is -2.58. The summed E-state index contributed by atoms with van der Waals surface area (Å²) in [5.41, 5.74) is 4.63. The summed E-state index contributed by atoms with van der Waals surface area (Å²) in [6.45, 7) is 11.8. The Hall–Kier alpha value is -1.94. The van der Waals surface area contributed by atoms with E-state index in [4.69, 9.17) is 0 Å². The van der Waals surface area contributed by atoms with Gasteiger partial charge in [-0.25, -0.2) is 0 Å². The molecule has 0 bridgehead atoms. The number of nitrogens with zero attached hydrogens (tertiary/aromatic N) is 2. The number of unbranched alkanes of at least 4 members (excludes halogenated alkanes) is 1. The van der Waals surface area contributed by atoms with E-state index in [0.717, 1.165) is 26.2 Å². The standard InChI is InChI=1S/C31H45N3/c1-31(2)25-30(33-21-12-5-13-22-33)29(24-28-17-8-4-9-18-28)26-34(31)23-20-32-19-11-10-16-27-14-6-3-7-15-27/h3-4,6-9,14-15,17-18,24,30,32H,5,10-13,16,19-23,25-26H2,1-2H3/b29-24+. The summed E-state index contributed by atoms with van der Waals surface area (Å²) in [5.74, 6) is 0. The summed E-state index contributed by atoms with van der Waals surface area (Å²) in [5, 5.41) is 3.72. The minimum Gasteiger partial charge on any atom is -0.315 e. The van der Waals surface area contributed by atoms with Gasteiger partial charge in [-0.05, 0) is 88.7 Å². The smallest absolute Gasteiger partial charge is 0.0340 e. The van der Waals surface area contributed by atoms with Gasteiger partial charge in [0.15, 0.2) is 0 Å². The summed E-state index contributed by atoms with van der Waals surface area (Å²) in [6.07, 6.45) is 11.5. The Labute approximate surface area is 208 Å². The van der Waals surface area contributed by atoms with Crippen molar-refractivity contribution in [3.63, 3.8) is 0 Å². The zero-order valence-electron chi connectivity index (χ0n) is 21.5. The van der Waals surface area contributed by atoms with Crippen LogP contribution in [-0.2, 0) is 6.42 Å². The highest BCUT2D eigenvalue weighted by atomic mass is 15.3. The van der Waals surface area contributed by atoms with Gasteiger partial charge in [0.25, 0.3) is 0 Å². The van der Waals surface area contributed by atoms with Crippen LogP contribution in [0.2, 0.25) is 0 Å². The molecule has 0 radical (unpaired) electrons. The molecule has 34 heavy (non-hydrogen) atoms. The van der Waals surface area contributed by atoms with Gasteiger partial charge in [0.2, 0.25) is 0 Å².